The summed E-state index contributed by atoms with van der Waals surface area (Å²) in [5.41, 5.74) is 0. The van der Waals surface area contributed by atoms with Crippen molar-refractivity contribution in [2.75, 3.05) is 0 Å². The van der Waals surface area contributed by atoms with Crippen LogP contribution in [0.15, 0.2) is 18.1 Å². The van der Waals surface area contributed by atoms with Gasteiger partial charge in [-0.2, -0.15) is 21.6 Å². The molecule has 0 aromatic rings. The molecule has 7 nitrogen and oxygen atoms in total. The first-order chi connectivity index (χ1) is 8.51. The molecule has 0 bridgehead atoms. The summed E-state index contributed by atoms with van der Waals surface area (Å²) < 4.78 is 75.6. The van der Waals surface area contributed by atoms with E-state index in [1.165, 1.54) is 0 Å². The van der Waals surface area contributed by atoms with Crippen molar-refractivity contribution in [1.29, 1.82) is 0 Å². The Kier molecular flexibility index (Phi) is 4.52. The van der Waals surface area contributed by atoms with Gasteiger partial charge in [0.2, 0.25) is 18.1 Å². The van der Waals surface area contributed by atoms with Crippen LogP contribution in [-0.4, -0.2) is 18.1 Å². The smallest absolute Gasteiger partial charge is 0.292 e. The predicted octanol–water partition coefficient (Wildman–Crippen LogP) is 5.46. The highest BCUT2D eigenvalue weighted by Gasteiger charge is 2.38. The van der Waals surface area contributed by atoms with Crippen LogP contribution in [0.4, 0.5) is 21.0 Å². The number of carbonyl (C=O) groups is 3. The summed E-state index contributed by atoms with van der Waals surface area (Å²) in [4.78, 5) is 31.1. The fraction of sp³-hybridized carbons (Fsp3) is 0. The summed E-state index contributed by atoms with van der Waals surface area (Å²) in [5.74, 6) is 0. The van der Waals surface area contributed by atoms with Gasteiger partial charge < -0.3 is 0 Å². The van der Waals surface area contributed by atoms with E-state index in [9.17, 15) is 35.4 Å². The van der Waals surface area contributed by atoms with Crippen LogP contribution in [0.3, 0.4) is 0 Å². The highest BCUT2D eigenvalue weighted by Crippen LogP contribution is 2.79. The van der Waals surface area contributed by atoms with Crippen LogP contribution in [0.25, 0.3) is 0 Å². The van der Waals surface area contributed by atoms with Gasteiger partial charge in [-0.25, -0.2) is 0 Å². The van der Waals surface area contributed by atoms with Crippen LogP contribution in [0.1, 0.15) is 0 Å². The fourth-order valence-corrected chi connectivity index (χ4v) is 8.95. The standard InChI is InChI=1S/C3H3F5N4O3P4/c4-16(1-13)9-17(5,2-14)11-19(7,8)12-18(6,3-15)10-16/h1-3H. The Labute approximate surface area is 103 Å². The Morgan fingerprint density at radius 2 is 0.895 bits per heavy atom. The molecule has 108 valence electrons. The average molecular weight is 362 g/mol. The second kappa shape index (κ2) is 5.17. The number of hydrogen-bond acceptors (Lipinski definition) is 7. The Balaban J connectivity index is 3.90. The summed E-state index contributed by atoms with van der Waals surface area (Å²) in [6.45, 7) is 0. The maximum atomic E-state index is 13.7. The minimum Gasteiger partial charge on any atom is -0.292 e. The van der Waals surface area contributed by atoms with Gasteiger partial charge >= 0.3 is 30.4 Å². The van der Waals surface area contributed by atoms with Crippen molar-refractivity contribution in [2.45, 2.75) is 0 Å². The number of rotatable bonds is 3. The zero-order valence-electron chi connectivity index (χ0n) is 8.42. The van der Waals surface area contributed by atoms with Crippen LogP contribution in [0.5, 0.6) is 0 Å². The number of carbonyl (C=O) groups excluding carboxylic acids is 3. The topological polar surface area (TPSA) is 101 Å². The molecule has 3 atom stereocenters. The Morgan fingerprint density at radius 3 is 1.26 bits per heavy atom. The Hall–Kier alpha value is -0.420. The van der Waals surface area contributed by atoms with Crippen molar-refractivity contribution in [2.24, 2.45) is 18.1 Å². The molecule has 0 amide bonds. The van der Waals surface area contributed by atoms with Crippen LogP contribution in [0.2, 0.25) is 0 Å². The molecular formula is C3H3F5N4O3P4. The van der Waals surface area contributed by atoms with Gasteiger partial charge in [0.05, 0.1) is 0 Å². The first kappa shape index (κ1) is 16.6. The molecule has 0 saturated carbocycles. The molecule has 0 aromatic heterocycles. The van der Waals surface area contributed by atoms with Gasteiger partial charge in [-0.15, -0.1) is 17.4 Å². The minimum atomic E-state index is -6.07. The number of halogens is 5. The largest absolute Gasteiger partial charge is 0.422 e. The molecule has 1 rings (SSSR count). The van der Waals surface area contributed by atoms with Gasteiger partial charge in [-0.3, -0.25) is 14.4 Å². The normalized spacial score (nSPS) is 41.1. The molecule has 1 aliphatic rings. The Morgan fingerprint density at radius 1 is 0.579 bits per heavy atom. The number of nitrogens with zero attached hydrogens (tertiary/aromatic N) is 4. The van der Waals surface area contributed by atoms with E-state index in [2.05, 4.69) is 9.03 Å². The molecule has 0 fully saturated rings. The number of hydrogen-bond donors (Lipinski definition) is 0. The molecule has 0 radical (unpaired) electrons. The molecule has 19 heavy (non-hydrogen) atoms. The highest BCUT2D eigenvalue weighted by molar-refractivity contribution is 7.92. The van der Waals surface area contributed by atoms with Gasteiger partial charge in [-0.1, -0.05) is 0 Å². The maximum Gasteiger partial charge on any atom is 0.422 e. The van der Waals surface area contributed by atoms with E-state index in [0.29, 0.717) is 0 Å². The maximum absolute atomic E-state index is 13.7. The minimum absolute atomic E-state index is 0.740. The van der Waals surface area contributed by atoms with Gasteiger partial charge in [0, 0.05) is 0 Å². The van der Waals surface area contributed by atoms with E-state index < -0.39 is 48.5 Å². The summed E-state index contributed by atoms with van der Waals surface area (Å²) >= 11 is 0. The highest BCUT2D eigenvalue weighted by atomic mass is 31.3. The third kappa shape index (κ3) is 4.02. The fourth-order valence-electron chi connectivity index (χ4n) is 0.852. The Bertz CT molecular complexity index is 657. The molecule has 0 N–H and O–H groups in total. The van der Waals surface area contributed by atoms with Crippen molar-refractivity contribution in [3.8, 4) is 0 Å². The van der Waals surface area contributed by atoms with Crippen molar-refractivity contribution in [1.82, 2.24) is 0 Å². The molecule has 16 heteroatoms. The van der Waals surface area contributed by atoms with E-state index in [0.717, 1.165) is 0 Å². The van der Waals surface area contributed by atoms with Crippen molar-refractivity contribution in [3.63, 3.8) is 0 Å². The van der Waals surface area contributed by atoms with Crippen molar-refractivity contribution >= 4 is 48.5 Å². The monoisotopic (exact) mass is 362 g/mol. The third-order valence-electron chi connectivity index (χ3n) is 1.37. The summed E-state index contributed by atoms with van der Waals surface area (Å²) in [5, 5.41) is 0. The zero-order valence-corrected chi connectivity index (χ0v) is 12.0. The first-order valence-electron chi connectivity index (χ1n) is 3.93. The van der Waals surface area contributed by atoms with Gasteiger partial charge in [0.25, 0.3) is 0 Å². The van der Waals surface area contributed by atoms with E-state index >= 15 is 0 Å². The lowest BCUT2D eigenvalue weighted by molar-refractivity contribution is 0.566. The molecular weight excluding hydrogens is 359 g/mol. The molecule has 1 aliphatic heterocycles. The lowest BCUT2D eigenvalue weighted by atomic mass is 11.8. The first-order valence-corrected chi connectivity index (χ1v) is 10.4. The summed E-state index contributed by atoms with van der Waals surface area (Å²) in [6.07, 6.45) is 0. The van der Waals surface area contributed by atoms with Crippen molar-refractivity contribution < 1.29 is 35.4 Å². The SMILES string of the molecule is O=CP1(F)=NP(F)(F)=NP(F)(C=O)=NP(F)(C=O)=N1. The van der Waals surface area contributed by atoms with E-state index in [1.54, 1.807) is 0 Å². The zero-order chi connectivity index (χ0) is 14.9. The average Bonchev–Trinajstić information content (AvgIpc) is 2.25. The molecule has 0 aromatic carbocycles. The van der Waals surface area contributed by atoms with Gasteiger partial charge in [0.15, 0.2) is 0 Å². The summed E-state index contributed by atoms with van der Waals surface area (Å²) in [7, 11) is -22.1. The quantitative estimate of drug-likeness (QED) is 0.379. The second-order valence-electron chi connectivity index (χ2n) is 2.84. The van der Waals surface area contributed by atoms with Crippen molar-refractivity contribution in [3.05, 3.63) is 0 Å². The van der Waals surface area contributed by atoms with Gasteiger partial charge in [0.1, 0.15) is 0 Å². The molecule has 1 heterocycles. The van der Waals surface area contributed by atoms with Crippen LogP contribution >= 0.6 is 30.4 Å². The molecule has 0 saturated heterocycles. The lowest BCUT2D eigenvalue weighted by Gasteiger charge is -2.13. The lowest BCUT2D eigenvalue weighted by Crippen LogP contribution is -1.80. The molecule has 3 unspecified atom stereocenters. The van der Waals surface area contributed by atoms with Crippen LogP contribution < -0.4 is 0 Å². The van der Waals surface area contributed by atoms with Crippen LogP contribution in [0, 0.1) is 0 Å². The molecule has 0 aliphatic carbocycles. The van der Waals surface area contributed by atoms with Gasteiger partial charge in [-0.05, 0) is 0 Å². The van der Waals surface area contributed by atoms with E-state index in [1.807, 2.05) is 9.03 Å². The second-order valence-corrected chi connectivity index (χ2v) is 10.7. The van der Waals surface area contributed by atoms with Crippen LogP contribution in [-0.2, 0) is 14.4 Å². The summed E-state index contributed by atoms with van der Waals surface area (Å²) in [6, 6.07) is -2.33. The van der Waals surface area contributed by atoms with E-state index in [-0.39, 0.29) is 0 Å². The van der Waals surface area contributed by atoms with E-state index in [4.69, 9.17) is 0 Å². The molecule has 0 spiro atoms. The third-order valence-corrected chi connectivity index (χ3v) is 9.92. The predicted molar refractivity (Wildman–Crippen MR) is 63.2 cm³/mol.